The van der Waals surface area contributed by atoms with E-state index in [1.165, 1.54) is 4.90 Å². The first kappa shape index (κ1) is 29.4. The highest BCUT2D eigenvalue weighted by atomic mass is 16.6. The Labute approximate surface area is 204 Å². The predicted molar refractivity (Wildman–Crippen MR) is 133 cm³/mol. The number of hydrogen-bond acceptors (Lipinski definition) is 5. The summed E-state index contributed by atoms with van der Waals surface area (Å²) < 4.78 is 5.26. The Morgan fingerprint density at radius 1 is 1.12 bits per heavy atom. The van der Waals surface area contributed by atoms with Gasteiger partial charge >= 0.3 is 6.09 Å². The second kappa shape index (κ2) is 13.9. The largest absolute Gasteiger partial charge is 0.444 e. The third kappa shape index (κ3) is 9.71. The van der Waals surface area contributed by atoms with Gasteiger partial charge in [-0.25, -0.2) is 4.79 Å². The van der Waals surface area contributed by atoms with Crippen LogP contribution in [0.2, 0.25) is 0 Å². The summed E-state index contributed by atoms with van der Waals surface area (Å²) in [6.45, 7) is 12.7. The van der Waals surface area contributed by atoms with Crippen LogP contribution in [0.4, 0.5) is 4.79 Å². The van der Waals surface area contributed by atoms with Crippen molar-refractivity contribution in [2.45, 2.75) is 97.9 Å². The fourth-order valence-electron chi connectivity index (χ4n) is 3.67. The summed E-state index contributed by atoms with van der Waals surface area (Å²) >= 11 is 0. The molecule has 0 aliphatic heterocycles. The molecule has 0 heterocycles. The monoisotopic (exact) mass is 477 g/mol. The van der Waals surface area contributed by atoms with Crippen LogP contribution in [-0.4, -0.2) is 58.8 Å². The standard InChI is InChI=1S/C26H43N3O5/c1-8-10-15-29(24(32)21(17-30)28-25(33)34-26(5,6)7)22(20-14-11-13-18(3)16-20)23(31)27-19(4)12-9-2/h11,13-14,16,19,21-22,30H,8-10,12,15,17H2,1-7H3,(H,27,31)(H,28,33). The minimum absolute atomic E-state index is 0.0542. The van der Waals surface area contributed by atoms with Gasteiger partial charge in [-0.1, -0.05) is 56.5 Å². The Kier molecular flexibility index (Phi) is 12.1. The Hall–Kier alpha value is -2.61. The summed E-state index contributed by atoms with van der Waals surface area (Å²) in [5, 5.41) is 15.4. The van der Waals surface area contributed by atoms with Crippen LogP contribution in [0.25, 0.3) is 0 Å². The van der Waals surface area contributed by atoms with Gasteiger partial charge in [-0.3, -0.25) is 9.59 Å². The molecular formula is C26H43N3O5. The van der Waals surface area contributed by atoms with Crippen LogP contribution in [0.5, 0.6) is 0 Å². The number of nitrogens with one attached hydrogen (secondary N) is 2. The van der Waals surface area contributed by atoms with Crippen molar-refractivity contribution in [1.82, 2.24) is 15.5 Å². The van der Waals surface area contributed by atoms with Crippen LogP contribution in [-0.2, 0) is 14.3 Å². The van der Waals surface area contributed by atoms with Gasteiger partial charge in [-0.05, 0) is 53.0 Å². The summed E-state index contributed by atoms with van der Waals surface area (Å²) in [4.78, 5) is 40.9. The number of carbonyl (C=O) groups is 3. The van der Waals surface area contributed by atoms with Crippen molar-refractivity contribution >= 4 is 17.9 Å². The highest BCUT2D eigenvalue weighted by molar-refractivity contribution is 5.92. The van der Waals surface area contributed by atoms with Gasteiger partial charge in [0, 0.05) is 12.6 Å². The number of ether oxygens (including phenoxy) is 1. The summed E-state index contributed by atoms with van der Waals surface area (Å²) in [5.41, 5.74) is 0.888. The summed E-state index contributed by atoms with van der Waals surface area (Å²) in [6, 6.07) is 5.30. The molecule has 0 saturated heterocycles. The lowest BCUT2D eigenvalue weighted by molar-refractivity contribution is -0.143. The van der Waals surface area contributed by atoms with Gasteiger partial charge in [0.25, 0.3) is 0 Å². The van der Waals surface area contributed by atoms with Gasteiger partial charge in [-0.2, -0.15) is 0 Å². The molecule has 34 heavy (non-hydrogen) atoms. The van der Waals surface area contributed by atoms with E-state index in [2.05, 4.69) is 10.6 Å². The molecule has 3 atom stereocenters. The van der Waals surface area contributed by atoms with Gasteiger partial charge in [-0.15, -0.1) is 0 Å². The molecule has 0 bridgehead atoms. The molecule has 0 radical (unpaired) electrons. The van der Waals surface area contributed by atoms with Crippen molar-refractivity contribution in [3.63, 3.8) is 0 Å². The number of aliphatic hydroxyl groups excluding tert-OH is 1. The third-order valence-corrected chi connectivity index (χ3v) is 5.24. The molecule has 0 spiro atoms. The van der Waals surface area contributed by atoms with E-state index >= 15 is 0 Å². The van der Waals surface area contributed by atoms with Crippen LogP contribution in [0.1, 0.15) is 84.4 Å². The van der Waals surface area contributed by atoms with Crippen molar-refractivity contribution in [3.05, 3.63) is 35.4 Å². The highest BCUT2D eigenvalue weighted by Gasteiger charge is 2.36. The van der Waals surface area contributed by atoms with Gasteiger partial charge in [0.05, 0.1) is 6.61 Å². The minimum Gasteiger partial charge on any atom is -0.444 e. The molecule has 3 N–H and O–H groups in total. The summed E-state index contributed by atoms with van der Waals surface area (Å²) in [5.74, 6) is -0.823. The average Bonchev–Trinajstić information content (AvgIpc) is 2.73. The predicted octanol–water partition coefficient (Wildman–Crippen LogP) is 3.86. The third-order valence-electron chi connectivity index (χ3n) is 5.24. The van der Waals surface area contributed by atoms with Gasteiger partial charge < -0.3 is 25.4 Å². The number of hydrogen-bond donors (Lipinski definition) is 3. The molecule has 3 amide bonds. The number of alkyl carbamates (subject to hydrolysis) is 1. The number of aliphatic hydroxyl groups is 1. The second-order valence-electron chi connectivity index (χ2n) is 9.78. The molecule has 0 saturated carbocycles. The molecule has 0 aliphatic carbocycles. The molecule has 0 aliphatic rings. The van der Waals surface area contributed by atoms with Crippen LogP contribution >= 0.6 is 0 Å². The van der Waals surface area contributed by atoms with Crippen LogP contribution in [0.15, 0.2) is 24.3 Å². The number of unbranched alkanes of at least 4 members (excludes halogenated alkanes) is 1. The number of benzene rings is 1. The van der Waals surface area contributed by atoms with E-state index < -0.39 is 36.3 Å². The van der Waals surface area contributed by atoms with Gasteiger partial charge in [0.2, 0.25) is 11.8 Å². The van der Waals surface area contributed by atoms with E-state index in [1.807, 2.05) is 52.0 Å². The lowest BCUT2D eigenvalue weighted by Crippen LogP contribution is -2.55. The number of aryl methyl sites for hydroxylation is 1. The van der Waals surface area contributed by atoms with E-state index in [0.29, 0.717) is 18.5 Å². The zero-order chi connectivity index (χ0) is 25.9. The van der Waals surface area contributed by atoms with E-state index in [0.717, 1.165) is 24.8 Å². The second-order valence-corrected chi connectivity index (χ2v) is 9.78. The molecule has 8 nitrogen and oxygen atoms in total. The highest BCUT2D eigenvalue weighted by Crippen LogP contribution is 2.24. The van der Waals surface area contributed by atoms with Crippen molar-refractivity contribution in [3.8, 4) is 0 Å². The van der Waals surface area contributed by atoms with Crippen molar-refractivity contribution in [1.29, 1.82) is 0 Å². The number of carbonyl (C=O) groups excluding carboxylic acids is 3. The van der Waals surface area contributed by atoms with Crippen LogP contribution in [0.3, 0.4) is 0 Å². The molecule has 1 aromatic carbocycles. The molecular weight excluding hydrogens is 434 g/mol. The Balaban J connectivity index is 3.35. The number of amides is 3. The first-order valence-electron chi connectivity index (χ1n) is 12.2. The van der Waals surface area contributed by atoms with Gasteiger partial charge in [0.15, 0.2) is 0 Å². The lowest BCUT2D eigenvalue weighted by Gasteiger charge is -2.34. The topological polar surface area (TPSA) is 108 Å². The fourth-order valence-corrected chi connectivity index (χ4v) is 3.67. The van der Waals surface area contributed by atoms with Gasteiger partial charge in [0.1, 0.15) is 17.7 Å². The van der Waals surface area contributed by atoms with E-state index in [1.54, 1.807) is 20.8 Å². The fraction of sp³-hybridized carbons (Fsp3) is 0.654. The molecule has 192 valence electrons. The minimum atomic E-state index is -1.24. The molecule has 8 heteroatoms. The van der Waals surface area contributed by atoms with Crippen molar-refractivity contribution in [2.24, 2.45) is 0 Å². The number of nitrogens with zero attached hydrogens (tertiary/aromatic N) is 1. The van der Waals surface area contributed by atoms with Crippen molar-refractivity contribution < 1.29 is 24.2 Å². The van der Waals surface area contributed by atoms with Crippen LogP contribution < -0.4 is 10.6 Å². The summed E-state index contributed by atoms with van der Waals surface area (Å²) in [7, 11) is 0. The van der Waals surface area contributed by atoms with E-state index in [-0.39, 0.29) is 11.9 Å². The number of rotatable bonds is 12. The lowest BCUT2D eigenvalue weighted by atomic mass is 10.00. The Morgan fingerprint density at radius 3 is 2.32 bits per heavy atom. The SMILES string of the molecule is CCCCN(C(=O)C(CO)NC(=O)OC(C)(C)C)C(C(=O)NC(C)CCC)c1cccc(C)c1. The molecule has 1 aromatic rings. The smallest absolute Gasteiger partial charge is 0.408 e. The molecule has 1 rings (SSSR count). The zero-order valence-corrected chi connectivity index (χ0v) is 21.8. The maximum Gasteiger partial charge on any atom is 0.408 e. The zero-order valence-electron chi connectivity index (χ0n) is 21.8. The first-order chi connectivity index (χ1) is 15.9. The quantitative estimate of drug-likeness (QED) is 0.424. The van der Waals surface area contributed by atoms with Crippen molar-refractivity contribution in [2.75, 3.05) is 13.2 Å². The van der Waals surface area contributed by atoms with E-state index in [9.17, 15) is 19.5 Å². The first-order valence-corrected chi connectivity index (χ1v) is 12.2. The normalized spacial score (nSPS) is 14.0. The maximum atomic E-state index is 13.6. The summed E-state index contributed by atoms with van der Waals surface area (Å²) in [6.07, 6.45) is 2.40. The Morgan fingerprint density at radius 2 is 1.79 bits per heavy atom. The average molecular weight is 478 g/mol. The maximum absolute atomic E-state index is 13.6. The molecule has 3 unspecified atom stereocenters. The molecule has 0 aromatic heterocycles. The van der Waals surface area contributed by atoms with E-state index in [4.69, 9.17) is 4.74 Å². The Bertz CT molecular complexity index is 806. The van der Waals surface area contributed by atoms with Crippen LogP contribution in [0, 0.1) is 6.92 Å². The molecule has 0 fully saturated rings.